The van der Waals surface area contributed by atoms with Gasteiger partial charge in [0.25, 0.3) is 0 Å². The number of aromatic hydroxyl groups is 1. The highest BCUT2D eigenvalue weighted by Gasteiger charge is 2.36. The molecule has 0 fully saturated rings. The molecule has 5 rings (SSSR count). The first-order valence-electron chi connectivity index (χ1n) is 23.4. The molecule has 0 aliphatic carbocycles. The predicted octanol–water partition coefficient (Wildman–Crippen LogP) is -2.17. The van der Waals surface area contributed by atoms with Crippen LogP contribution in [-0.2, 0) is 68.8 Å². The van der Waals surface area contributed by atoms with Crippen LogP contribution in [-0.4, -0.2) is 140 Å². The number of carbonyl (C=O) groups excluding carboxylic acids is 8. The number of nitrogens with two attached hydrogens (primary N) is 2. The lowest BCUT2D eigenvalue weighted by Gasteiger charge is -2.28. The molecule has 8 amide bonds. The minimum absolute atomic E-state index is 0.0196. The minimum atomic E-state index is -1.87. The summed E-state index contributed by atoms with van der Waals surface area (Å²) >= 11 is 0. The maximum atomic E-state index is 14.1. The van der Waals surface area contributed by atoms with Crippen molar-refractivity contribution in [1.29, 1.82) is 0 Å². The van der Waals surface area contributed by atoms with Gasteiger partial charge < -0.3 is 74.1 Å². The van der Waals surface area contributed by atoms with Crippen LogP contribution in [0.15, 0.2) is 115 Å². The highest BCUT2D eigenvalue weighted by Crippen LogP contribution is 2.20. The van der Waals surface area contributed by atoms with Gasteiger partial charge in [0.1, 0.15) is 48.0 Å². The summed E-state index contributed by atoms with van der Waals surface area (Å²) in [6, 6.07) is 18.2. The van der Waals surface area contributed by atoms with Crippen LogP contribution in [0.5, 0.6) is 5.75 Å². The highest BCUT2D eigenvalue weighted by atomic mass is 16.4. The Bertz CT molecular complexity index is 2760. The van der Waals surface area contributed by atoms with Crippen LogP contribution in [0.2, 0.25) is 0 Å². The number of aliphatic carboxylic acids is 1. The van der Waals surface area contributed by atoms with Crippen LogP contribution in [0, 0.1) is 0 Å². The average molecular weight is 1020 g/mol. The van der Waals surface area contributed by atoms with E-state index in [0.29, 0.717) is 27.6 Å². The lowest BCUT2D eigenvalue weighted by Crippen LogP contribution is -2.62. The third-order valence-electron chi connectivity index (χ3n) is 11.7. The number of carboxylic acids is 1. The van der Waals surface area contributed by atoms with E-state index in [1.807, 2.05) is 0 Å². The fourth-order valence-corrected chi connectivity index (χ4v) is 7.78. The van der Waals surface area contributed by atoms with Crippen molar-refractivity contribution in [2.24, 2.45) is 11.5 Å². The number of benzene rings is 4. The molecule has 0 aliphatic rings. The largest absolute Gasteiger partial charge is 0.508 e. The zero-order valence-corrected chi connectivity index (χ0v) is 40.2. The number of primary amides is 1. The van der Waals surface area contributed by atoms with Crippen molar-refractivity contribution in [2.45, 2.75) is 87.4 Å². The van der Waals surface area contributed by atoms with Gasteiger partial charge in [0.05, 0.1) is 25.7 Å². The molecule has 23 nitrogen and oxygen atoms in total. The zero-order chi connectivity index (χ0) is 53.9. The van der Waals surface area contributed by atoms with E-state index in [9.17, 15) is 63.6 Å². The number of phenolic OH excluding ortho intramolecular Hbond substituents is 1. The average Bonchev–Trinajstić information content (AvgIpc) is 3.79. The second kappa shape index (κ2) is 27.2. The number of aliphatic hydroxyl groups excluding tert-OH is 2. The summed E-state index contributed by atoms with van der Waals surface area (Å²) in [5.41, 5.74) is 13.8. The number of carboxylic acid groups (broad SMARTS) is 1. The van der Waals surface area contributed by atoms with E-state index in [2.05, 4.69) is 42.2 Å². The van der Waals surface area contributed by atoms with Gasteiger partial charge >= 0.3 is 5.97 Å². The molecule has 1 aromatic heterocycles. The number of fused-ring (bicyclic) bond motifs is 1. The molecule has 4 aromatic carbocycles. The van der Waals surface area contributed by atoms with Crippen molar-refractivity contribution in [3.8, 4) is 5.75 Å². The summed E-state index contributed by atoms with van der Waals surface area (Å²) in [7, 11) is 0. The zero-order valence-electron chi connectivity index (χ0n) is 40.2. The number of hydrogen-bond acceptors (Lipinski definition) is 13. The smallest absolute Gasteiger partial charge is 0.326 e. The van der Waals surface area contributed by atoms with Gasteiger partial charge in [-0.05, 0) is 47.4 Å². The minimum Gasteiger partial charge on any atom is -0.508 e. The normalized spacial score (nSPS) is 14.3. The van der Waals surface area contributed by atoms with Crippen LogP contribution < -0.4 is 48.7 Å². The summed E-state index contributed by atoms with van der Waals surface area (Å²) in [5.74, 6) is -9.63. The van der Waals surface area contributed by atoms with Gasteiger partial charge in [-0.15, -0.1) is 0 Å². The molecule has 0 unspecified atom stereocenters. The van der Waals surface area contributed by atoms with Gasteiger partial charge in [-0.1, -0.05) is 91.0 Å². The molecule has 8 atom stereocenters. The lowest BCUT2D eigenvalue weighted by atomic mass is 10.0. The Morgan fingerprint density at radius 2 is 0.986 bits per heavy atom. The molecule has 23 heteroatoms. The van der Waals surface area contributed by atoms with Gasteiger partial charge in [-0.25, -0.2) is 4.79 Å². The van der Waals surface area contributed by atoms with E-state index < -0.39 is 121 Å². The lowest BCUT2D eigenvalue weighted by molar-refractivity contribution is -0.142. The molecule has 0 saturated carbocycles. The molecule has 1 heterocycles. The highest BCUT2D eigenvalue weighted by molar-refractivity contribution is 5.99. The van der Waals surface area contributed by atoms with Crippen LogP contribution in [0.1, 0.15) is 35.6 Å². The first-order valence-corrected chi connectivity index (χ1v) is 23.4. The maximum Gasteiger partial charge on any atom is 0.326 e. The van der Waals surface area contributed by atoms with Crippen molar-refractivity contribution in [1.82, 2.24) is 42.2 Å². The molecule has 0 saturated heterocycles. The van der Waals surface area contributed by atoms with Crippen molar-refractivity contribution in [3.05, 3.63) is 138 Å². The summed E-state index contributed by atoms with van der Waals surface area (Å²) in [4.78, 5) is 124. The molecular formula is C51H60N10O13. The molecule has 0 spiro atoms. The van der Waals surface area contributed by atoms with Crippen LogP contribution in [0.3, 0.4) is 0 Å². The topological polar surface area (TPSA) is 387 Å². The summed E-state index contributed by atoms with van der Waals surface area (Å²) in [6.07, 6.45) is -1.53. The molecule has 0 bridgehead atoms. The van der Waals surface area contributed by atoms with Crippen molar-refractivity contribution >= 4 is 64.1 Å². The number of aromatic amines is 1. The number of nitrogens with one attached hydrogen (secondary N) is 8. The van der Waals surface area contributed by atoms with E-state index >= 15 is 0 Å². The first kappa shape index (κ1) is 56.2. The third-order valence-corrected chi connectivity index (χ3v) is 11.7. The fourth-order valence-electron chi connectivity index (χ4n) is 7.78. The van der Waals surface area contributed by atoms with Gasteiger partial charge in [-0.2, -0.15) is 0 Å². The van der Waals surface area contributed by atoms with Crippen LogP contribution in [0.4, 0.5) is 0 Å². The van der Waals surface area contributed by atoms with Gasteiger partial charge in [0.15, 0.2) is 0 Å². The number of para-hydroxylation sites is 1. The second-order valence-electron chi connectivity index (χ2n) is 17.4. The number of aliphatic hydroxyl groups is 2. The predicted molar refractivity (Wildman–Crippen MR) is 267 cm³/mol. The standard InChI is InChI=1S/C51H60N10O13/c1-28(63)44(61-48(70)36(55-43(66)25-52)20-29-10-4-2-5-11-29)50(72)58-38(21-30-12-6-3-7-13-30)46(68)60-41(27-62)49(71)57-39(24-42(53)65)47(69)56-37(22-31-16-18-33(64)19-17-31)45(67)59-40(51(73)74)23-32-26-54-35-15-9-8-14-34(32)35/h2-19,26,28,36-41,44,54,62-64H,20-25,27,52H2,1H3,(H2,53,65)(H,55,66)(H,56,69)(H,57,71)(H,58,72)(H,59,67)(H,60,68)(H,61,70)(H,73,74)/t28-,36+,37+,38+,39+,40+,41+,44+/m1/s1. The molecular weight excluding hydrogens is 961 g/mol. The number of aromatic nitrogens is 1. The van der Waals surface area contributed by atoms with Gasteiger partial charge in [0.2, 0.25) is 47.3 Å². The van der Waals surface area contributed by atoms with E-state index in [0.717, 1.165) is 5.52 Å². The third kappa shape index (κ3) is 16.7. The van der Waals surface area contributed by atoms with Crippen molar-refractivity contribution in [2.75, 3.05) is 13.2 Å². The molecule has 16 N–H and O–H groups in total. The monoisotopic (exact) mass is 1020 g/mol. The van der Waals surface area contributed by atoms with Crippen LogP contribution >= 0.6 is 0 Å². The Hall–Kier alpha value is -8.67. The first-order chi connectivity index (χ1) is 35.3. The van der Waals surface area contributed by atoms with Crippen molar-refractivity contribution in [3.63, 3.8) is 0 Å². The molecule has 74 heavy (non-hydrogen) atoms. The Balaban J connectivity index is 1.33. The number of carbonyl (C=O) groups is 9. The second-order valence-corrected chi connectivity index (χ2v) is 17.4. The molecule has 392 valence electrons. The number of amides is 8. The number of hydrogen-bond donors (Lipinski definition) is 14. The van der Waals surface area contributed by atoms with E-state index in [-0.39, 0.29) is 31.4 Å². The van der Waals surface area contributed by atoms with Crippen molar-refractivity contribution < 1.29 is 63.6 Å². The van der Waals surface area contributed by atoms with Gasteiger partial charge in [0, 0.05) is 42.8 Å². The number of rotatable bonds is 27. The summed E-state index contributed by atoms with van der Waals surface area (Å²) in [6.45, 7) is -0.350. The summed E-state index contributed by atoms with van der Waals surface area (Å²) in [5, 5.41) is 58.8. The quantitative estimate of drug-likeness (QED) is 0.0266. The molecule has 0 aliphatic heterocycles. The number of H-pyrrole nitrogens is 1. The molecule has 5 aromatic rings. The Labute approximate surface area is 424 Å². The summed E-state index contributed by atoms with van der Waals surface area (Å²) < 4.78 is 0. The Kier molecular flexibility index (Phi) is 20.7. The maximum absolute atomic E-state index is 14.1. The SMILES string of the molecule is C[C@@H](O)[C@H](NC(=O)[C@H](Cc1ccccc1)NC(=O)CN)C(=O)N[C@@H](Cc1ccccc1)C(=O)N[C@@H](CO)C(=O)N[C@@H](CC(N)=O)C(=O)N[C@@H](Cc1ccc(O)cc1)C(=O)N[C@@H](Cc1c[nH]c2ccccc12)C(=O)O. The van der Waals surface area contributed by atoms with Gasteiger partial charge in [-0.3, -0.25) is 38.4 Å². The fraction of sp³-hybridized carbons (Fsp3) is 0.314. The molecule has 0 radical (unpaired) electrons. The van der Waals surface area contributed by atoms with E-state index in [4.69, 9.17) is 11.5 Å². The number of phenols is 1. The van der Waals surface area contributed by atoms with E-state index in [1.54, 1.807) is 91.1 Å². The Morgan fingerprint density at radius 3 is 1.51 bits per heavy atom. The van der Waals surface area contributed by atoms with Crippen LogP contribution in [0.25, 0.3) is 10.9 Å². The Morgan fingerprint density at radius 1 is 0.541 bits per heavy atom. The van der Waals surface area contributed by atoms with E-state index in [1.165, 1.54) is 31.2 Å².